The number of nitrogens with zero attached hydrogens (tertiary/aromatic N) is 2. The number of aromatic nitrogens is 2. The fraction of sp³-hybridized carbons (Fsp3) is 0.150. The van der Waals surface area contributed by atoms with Crippen LogP contribution < -0.4 is 5.32 Å². The van der Waals surface area contributed by atoms with Crippen LogP contribution in [0.5, 0.6) is 0 Å². The second-order valence-corrected chi connectivity index (χ2v) is 5.82. The maximum Gasteiger partial charge on any atom is 0.338 e. The number of amides is 1. The Kier molecular flexibility index (Phi) is 5.12. The number of methoxy groups -OCH3 is 1. The Morgan fingerprint density at radius 1 is 1.12 bits per heavy atom. The molecule has 0 atom stereocenters. The number of para-hydroxylation sites is 1. The lowest BCUT2D eigenvalue weighted by Gasteiger charge is -2.11. The van der Waals surface area contributed by atoms with Gasteiger partial charge in [-0.25, -0.2) is 9.48 Å². The molecule has 0 bridgehead atoms. The van der Waals surface area contributed by atoms with Gasteiger partial charge < -0.3 is 10.1 Å². The Balaban J connectivity index is 1.70. The molecule has 1 N–H and O–H groups in total. The molecule has 0 aliphatic rings. The Bertz CT molecular complexity index is 932. The number of carbonyl (C=O) groups is 2. The molecule has 1 heterocycles. The van der Waals surface area contributed by atoms with Gasteiger partial charge in [0.05, 0.1) is 31.0 Å². The predicted molar refractivity (Wildman–Crippen MR) is 98.4 cm³/mol. The zero-order chi connectivity index (χ0) is 18.5. The van der Waals surface area contributed by atoms with Crippen molar-refractivity contribution in [2.75, 3.05) is 12.4 Å². The molecule has 26 heavy (non-hydrogen) atoms. The number of anilines is 1. The van der Waals surface area contributed by atoms with E-state index in [0.717, 1.165) is 11.3 Å². The summed E-state index contributed by atoms with van der Waals surface area (Å²) in [4.78, 5) is 24.1. The zero-order valence-corrected chi connectivity index (χ0v) is 14.6. The first-order valence-corrected chi connectivity index (χ1v) is 8.15. The van der Waals surface area contributed by atoms with Gasteiger partial charge in [-0.15, -0.1) is 0 Å². The monoisotopic (exact) mass is 349 g/mol. The third-order valence-corrected chi connectivity index (χ3v) is 4.03. The zero-order valence-electron chi connectivity index (χ0n) is 14.6. The minimum Gasteiger partial charge on any atom is -0.465 e. The van der Waals surface area contributed by atoms with Gasteiger partial charge in [0.25, 0.3) is 0 Å². The van der Waals surface area contributed by atoms with E-state index >= 15 is 0 Å². The van der Waals surface area contributed by atoms with Crippen LogP contribution >= 0.6 is 0 Å². The van der Waals surface area contributed by atoms with E-state index in [1.54, 1.807) is 36.0 Å². The summed E-state index contributed by atoms with van der Waals surface area (Å²) in [7, 11) is 1.33. The van der Waals surface area contributed by atoms with Gasteiger partial charge in [0.15, 0.2) is 0 Å². The highest BCUT2D eigenvalue weighted by molar-refractivity contribution is 5.97. The summed E-state index contributed by atoms with van der Waals surface area (Å²) in [6.07, 6.45) is 3.69. The molecule has 1 aromatic heterocycles. The van der Waals surface area contributed by atoms with Gasteiger partial charge >= 0.3 is 5.97 Å². The second kappa shape index (κ2) is 7.65. The van der Waals surface area contributed by atoms with Crippen LogP contribution in [0.3, 0.4) is 0 Å². The molecule has 0 unspecified atom stereocenters. The molecule has 132 valence electrons. The van der Waals surface area contributed by atoms with E-state index in [9.17, 15) is 9.59 Å². The average molecular weight is 349 g/mol. The molecule has 0 radical (unpaired) electrons. The summed E-state index contributed by atoms with van der Waals surface area (Å²) in [5, 5.41) is 7.13. The highest BCUT2D eigenvalue weighted by Crippen LogP contribution is 2.20. The van der Waals surface area contributed by atoms with Crippen LogP contribution in [-0.2, 0) is 16.0 Å². The Labute approximate surface area is 151 Å². The lowest BCUT2D eigenvalue weighted by molar-refractivity contribution is -0.115. The summed E-state index contributed by atoms with van der Waals surface area (Å²) in [5.41, 5.74) is 3.43. The van der Waals surface area contributed by atoms with Crippen LogP contribution in [-0.4, -0.2) is 28.8 Å². The minimum absolute atomic E-state index is 0.178. The van der Waals surface area contributed by atoms with Crippen LogP contribution in [0.1, 0.15) is 21.5 Å². The van der Waals surface area contributed by atoms with Crippen molar-refractivity contribution in [2.45, 2.75) is 13.3 Å². The van der Waals surface area contributed by atoms with E-state index < -0.39 is 5.97 Å². The first-order valence-electron chi connectivity index (χ1n) is 8.15. The van der Waals surface area contributed by atoms with Crippen molar-refractivity contribution in [1.82, 2.24) is 9.78 Å². The molecule has 6 heteroatoms. The van der Waals surface area contributed by atoms with E-state index in [2.05, 4.69) is 10.4 Å². The number of ether oxygens (including phenoxy) is 1. The van der Waals surface area contributed by atoms with Crippen molar-refractivity contribution < 1.29 is 14.3 Å². The molecule has 0 aliphatic carbocycles. The third-order valence-electron chi connectivity index (χ3n) is 4.03. The lowest BCUT2D eigenvalue weighted by atomic mass is 10.1. The van der Waals surface area contributed by atoms with Crippen LogP contribution in [0.15, 0.2) is 60.9 Å². The van der Waals surface area contributed by atoms with Gasteiger partial charge in [0.1, 0.15) is 0 Å². The first kappa shape index (κ1) is 17.4. The summed E-state index contributed by atoms with van der Waals surface area (Å²) in [6, 6.07) is 14.8. The Morgan fingerprint density at radius 3 is 2.62 bits per heavy atom. The summed E-state index contributed by atoms with van der Waals surface area (Å²) in [6.45, 7) is 1.77. The fourth-order valence-corrected chi connectivity index (χ4v) is 2.66. The van der Waals surface area contributed by atoms with E-state index in [1.807, 2.05) is 36.5 Å². The average Bonchev–Trinajstić information content (AvgIpc) is 3.12. The highest BCUT2D eigenvalue weighted by Gasteiger charge is 2.14. The van der Waals surface area contributed by atoms with Gasteiger partial charge in [-0.05, 0) is 42.3 Å². The van der Waals surface area contributed by atoms with Crippen molar-refractivity contribution in [1.29, 1.82) is 0 Å². The van der Waals surface area contributed by atoms with Crippen LogP contribution in [0.2, 0.25) is 0 Å². The highest BCUT2D eigenvalue weighted by atomic mass is 16.5. The molecule has 0 saturated heterocycles. The molecule has 3 rings (SSSR count). The van der Waals surface area contributed by atoms with E-state index in [-0.39, 0.29) is 12.3 Å². The molecular weight excluding hydrogens is 330 g/mol. The van der Waals surface area contributed by atoms with E-state index in [1.165, 1.54) is 7.11 Å². The van der Waals surface area contributed by atoms with Gasteiger partial charge in [-0.1, -0.05) is 24.3 Å². The smallest absolute Gasteiger partial charge is 0.338 e. The number of nitrogens with one attached hydrogen (secondary N) is 1. The summed E-state index contributed by atoms with van der Waals surface area (Å²) >= 11 is 0. The predicted octanol–water partition coefficient (Wildman–Crippen LogP) is 3.15. The Morgan fingerprint density at radius 2 is 1.88 bits per heavy atom. The SMILES string of the molecule is COC(=O)c1cccc(NC(=O)Cc2cnn(-c3ccccc3)c2)c1C. The molecule has 1 amide bonds. The Hall–Kier alpha value is -3.41. The van der Waals surface area contributed by atoms with Gasteiger partial charge in [0, 0.05) is 11.9 Å². The molecule has 0 saturated carbocycles. The number of hydrogen-bond acceptors (Lipinski definition) is 4. The van der Waals surface area contributed by atoms with Crippen LogP contribution in [0.25, 0.3) is 5.69 Å². The maximum atomic E-state index is 12.4. The van der Waals surface area contributed by atoms with E-state index in [4.69, 9.17) is 4.74 Å². The van der Waals surface area contributed by atoms with Crippen LogP contribution in [0, 0.1) is 6.92 Å². The minimum atomic E-state index is -0.428. The standard InChI is InChI=1S/C20H19N3O3/c1-14-17(20(25)26-2)9-6-10-18(14)22-19(24)11-15-12-21-23(13-15)16-7-4-3-5-8-16/h3-10,12-13H,11H2,1-2H3,(H,22,24). The van der Waals surface area contributed by atoms with Crippen molar-refractivity contribution in [3.05, 3.63) is 77.6 Å². The molecular formula is C20H19N3O3. The number of carbonyl (C=O) groups excluding carboxylic acids is 2. The lowest BCUT2D eigenvalue weighted by Crippen LogP contribution is -2.16. The van der Waals surface area contributed by atoms with Crippen molar-refractivity contribution in [3.63, 3.8) is 0 Å². The van der Waals surface area contributed by atoms with Crippen molar-refractivity contribution >= 4 is 17.6 Å². The molecule has 0 fully saturated rings. The normalized spacial score (nSPS) is 10.4. The van der Waals surface area contributed by atoms with Gasteiger partial charge in [-0.3, -0.25) is 4.79 Å². The molecule has 0 aliphatic heterocycles. The molecule has 2 aromatic carbocycles. The largest absolute Gasteiger partial charge is 0.465 e. The number of benzene rings is 2. The first-order chi connectivity index (χ1) is 12.6. The summed E-state index contributed by atoms with van der Waals surface area (Å²) in [5.74, 6) is -0.606. The number of hydrogen-bond donors (Lipinski definition) is 1. The van der Waals surface area contributed by atoms with Gasteiger partial charge in [0.2, 0.25) is 5.91 Å². The fourth-order valence-electron chi connectivity index (χ4n) is 2.66. The molecule has 3 aromatic rings. The summed E-state index contributed by atoms with van der Waals surface area (Å²) < 4.78 is 6.48. The van der Waals surface area contributed by atoms with Crippen LogP contribution in [0.4, 0.5) is 5.69 Å². The third kappa shape index (κ3) is 3.80. The number of rotatable bonds is 5. The number of esters is 1. The second-order valence-electron chi connectivity index (χ2n) is 5.82. The van der Waals surface area contributed by atoms with Gasteiger partial charge in [-0.2, -0.15) is 5.10 Å². The van der Waals surface area contributed by atoms with Crippen molar-refractivity contribution in [2.24, 2.45) is 0 Å². The van der Waals surface area contributed by atoms with E-state index in [0.29, 0.717) is 16.8 Å². The van der Waals surface area contributed by atoms with Crippen molar-refractivity contribution in [3.8, 4) is 5.69 Å². The maximum absolute atomic E-state index is 12.4. The quantitative estimate of drug-likeness (QED) is 0.718. The molecule has 0 spiro atoms. The molecule has 6 nitrogen and oxygen atoms in total. The topological polar surface area (TPSA) is 73.2 Å².